The first-order valence-corrected chi connectivity index (χ1v) is 10.9. The van der Waals surface area contributed by atoms with Gasteiger partial charge in [0.15, 0.2) is 10.9 Å². The van der Waals surface area contributed by atoms with Crippen molar-refractivity contribution in [2.75, 3.05) is 24.8 Å². The maximum atomic E-state index is 12.5. The van der Waals surface area contributed by atoms with Gasteiger partial charge >= 0.3 is 5.97 Å². The van der Waals surface area contributed by atoms with E-state index in [1.165, 1.54) is 18.7 Å². The zero-order chi connectivity index (χ0) is 21.8. The summed E-state index contributed by atoms with van der Waals surface area (Å²) in [4.78, 5) is 44.7. The highest BCUT2D eigenvalue weighted by Crippen LogP contribution is 2.34. The number of esters is 1. The Morgan fingerprint density at radius 1 is 1.30 bits per heavy atom. The number of H-pyrrole nitrogens is 1. The summed E-state index contributed by atoms with van der Waals surface area (Å²) < 4.78 is 10.3. The van der Waals surface area contributed by atoms with Crippen LogP contribution in [-0.4, -0.2) is 47.1 Å². The lowest BCUT2D eigenvalue weighted by Gasteiger charge is -2.06. The average Bonchev–Trinajstić information content (AvgIpc) is 3.26. The van der Waals surface area contributed by atoms with E-state index >= 15 is 0 Å². The molecule has 0 fully saturated rings. The van der Waals surface area contributed by atoms with Crippen LogP contribution in [0.25, 0.3) is 11.0 Å². The lowest BCUT2D eigenvalue weighted by atomic mass is 10.1. The van der Waals surface area contributed by atoms with Gasteiger partial charge in [0.05, 0.1) is 40.9 Å². The lowest BCUT2D eigenvalue weighted by Crippen LogP contribution is -2.16. The minimum Gasteiger partial charge on any atom is -0.497 e. The number of thiophene rings is 1. The number of hydrogen-bond acceptors (Lipinski definition) is 8. The number of amides is 1. The van der Waals surface area contributed by atoms with Crippen molar-refractivity contribution >= 4 is 56.8 Å². The van der Waals surface area contributed by atoms with Crippen LogP contribution in [0.15, 0.2) is 23.4 Å². The summed E-state index contributed by atoms with van der Waals surface area (Å²) in [6.45, 7) is 4.99. The van der Waals surface area contributed by atoms with Gasteiger partial charge in [-0.1, -0.05) is 11.8 Å². The Balaban J connectivity index is 1.73. The predicted molar refractivity (Wildman–Crippen MR) is 117 cm³/mol. The molecule has 0 spiro atoms. The molecule has 1 aromatic carbocycles. The van der Waals surface area contributed by atoms with E-state index in [1.54, 1.807) is 21.0 Å². The third-order valence-corrected chi connectivity index (χ3v) is 6.39. The number of aromatic nitrogens is 2. The monoisotopic (exact) mass is 447 g/mol. The summed E-state index contributed by atoms with van der Waals surface area (Å²) >= 11 is 2.31. The number of benzene rings is 1. The molecule has 3 aromatic rings. The quantitative estimate of drug-likeness (QED) is 0.304. The van der Waals surface area contributed by atoms with E-state index in [-0.39, 0.29) is 29.6 Å². The third-order valence-electron chi connectivity index (χ3n) is 4.21. The van der Waals surface area contributed by atoms with Gasteiger partial charge in [-0.3, -0.25) is 9.59 Å². The first-order valence-electron chi connectivity index (χ1n) is 9.11. The molecule has 0 unspecified atom stereocenters. The zero-order valence-electron chi connectivity index (χ0n) is 17.0. The summed E-state index contributed by atoms with van der Waals surface area (Å²) in [7, 11) is 1.59. The molecule has 0 bridgehead atoms. The molecule has 2 aromatic heterocycles. The van der Waals surface area contributed by atoms with Crippen molar-refractivity contribution in [2.24, 2.45) is 0 Å². The van der Waals surface area contributed by atoms with Crippen molar-refractivity contribution in [1.29, 1.82) is 0 Å². The zero-order valence-corrected chi connectivity index (χ0v) is 18.6. The smallest absolute Gasteiger partial charge is 0.341 e. The molecule has 3 rings (SSSR count). The number of carbonyl (C=O) groups excluding carboxylic acids is 3. The van der Waals surface area contributed by atoms with Gasteiger partial charge in [-0.15, -0.1) is 11.3 Å². The first kappa shape index (κ1) is 21.8. The second kappa shape index (κ2) is 9.31. The van der Waals surface area contributed by atoms with Crippen molar-refractivity contribution < 1.29 is 23.9 Å². The fourth-order valence-corrected chi connectivity index (χ4v) is 4.64. The predicted octanol–water partition coefficient (Wildman–Crippen LogP) is 4.05. The van der Waals surface area contributed by atoms with Crippen LogP contribution in [0, 0.1) is 6.92 Å². The number of rotatable bonds is 8. The number of hydrogen-bond donors (Lipinski definition) is 2. The fraction of sp³-hybridized carbons (Fsp3) is 0.300. The highest BCUT2D eigenvalue weighted by Gasteiger charge is 2.25. The molecule has 10 heteroatoms. The second-order valence-corrected chi connectivity index (χ2v) is 8.28. The van der Waals surface area contributed by atoms with Crippen LogP contribution in [0.3, 0.4) is 0 Å². The molecular weight excluding hydrogens is 426 g/mol. The number of aromatic amines is 1. The van der Waals surface area contributed by atoms with E-state index < -0.39 is 5.97 Å². The van der Waals surface area contributed by atoms with Crippen LogP contribution in [0.5, 0.6) is 5.75 Å². The Morgan fingerprint density at radius 2 is 2.07 bits per heavy atom. The lowest BCUT2D eigenvalue weighted by molar-refractivity contribution is -0.113. The van der Waals surface area contributed by atoms with E-state index in [4.69, 9.17) is 9.47 Å². The summed E-state index contributed by atoms with van der Waals surface area (Å²) in [5.74, 6) is -0.268. The van der Waals surface area contributed by atoms with Crippen LogP contribution in [0.4, 0.5) is 5.00 Å². The number of imidazole rings is 1. The number of anilines is 1. The molecular formula is C20H21N3O5S2. The number of carbonyl (C=O) groups is 3. The van der Waals surface area contributed by atoms with Gasteiger partial charge in [0.25, 0.3) is 0 Å². The fourth-order valence-electron chi connectivity index (χ4n) is 2.84. The minimum absolute atomic E-state index is 0.0750. The number of methoxy groups -OCH3 is 1. The number of Topliss-reactive ketones (excluding diaryl/α,β-unsaturated/α-hetero) is 1. The maximum Gasteiger partial charge on any atom is 0.341 e. The molecule has 0 aliphatic rings. The Hall–Kier alpha value is -2.85. The normalized spacial score (nSPS) is 10.8. The molecule has 0 atom stereocenters. The summed E-state index contributed by atoms with van der Waals surface area (Å²) in [5.41, 5.74) is 2.31. The number of ketones is 1. The van der Waals surface area contributed by atoms with Gasteiger partial charge in [0.1, 0.15) is 10.8 Å². The SMILES string of the molecule is CCOC(=O)c1c(NC(=O)CSc2nc3ccc(OC)cc3[nH]2)sc(C(C)=O)c1C. The molecule has 158 valence electrons. The van der Waals surface area contributed by atoms with Crippen LogP contribution in [0.2, 0.25) is 0 Å². The summed E-state index contributed by atoms with van der Waals surface area (Å²) in [5, 5.41) is 3.64. The van der Waals surface area contributed by atoms with Crippen molar-refractivity contribution in [1.82, 2.24) is 9.97 Å². The summed E-state index contributed by atoms with van der Waals surface area (Å²) in [6, 6.07) is 5.47. The topological polar surface area (TPSA) is 110 Å². The van der Waals surface area contributed by atoms with E-state index in [9.17, 15) is 14.4 Å². The molecule has 8 nitrogen and oxygen atoms in total. The van der Waals surface area contributed by atoms with Gasteiger partial charge in [0, 0.05) is 6.07 Å². The highest BCUT2D eigenvalue weighted by atomic mass is 32.2. The highest BCUT2D eigenvalue weighted by molar-refractivity contribution is 7.99. The van der Waals surface area contributed by atoms with E-state index in [2.05, 4.69) is 15.3 Å². The maximum absolute atomic E-state index is 12.5. The van der Waals surface area contributed by atoms with Crippen LogP contribution < -0.4 is 10.1 Å². The van der Waals surface area contributed by atoms with E-state index in [0.29, 0.717) is 26.3 Å². The Bertz CT molecular complexity index is 1120. The molecule has 2 heterocycles. The molecule has 0 aliphatic carbocycles. The minimum atomic E-state index is -0.562. The standard InChI is InChI=1S/C20H21N3O5S2/c1-5-28-19(26)16-10(2)17(11(3)24)30-18(16)23-15(25)9-29-20-21-13-7-6-12(27-4)8-14(13)22-20/h6-8H,5,9H2,1-4H3,(H,21,22)(H,23,25). The molecule has 2 N–H and O–H groups in total. The van der Waals surface area contributed by atoms with Crippen molar-refractivity contribution in [3.05, 3.63) is 34.2 Å². The van der Waals surface area contributed by atoms with Crippen LogP contribution in [-0.2, 0) is 9.53 Å². The number of fused-ring (bicyclic) bond motifs is 1. The Morgan fingerprint density at radius 3 is 2.73 bits per heavy atom. The van der Waals surface area contributed by atoms with E-state index in [0.717, 1.165) is 22.4 Å². The van der Waals surface area contributed by atoms with Crippen LogP contribution in [0.1, 0.15) is 39.4 Å². The van der Waals surface area contributed by atoms with Gasteiger partial charge in [-0.05, 0) is 38.5 Å². The number of ether oxygens (including phenoxy) is 2. The average molecular weight is 448 g/mol. The molecule has 1 amide bonds. The molecule has 0 radical (unpaired) electrons. The molecule has 30 heavy (non-hydrogen) atoms. The first-order chi connectivity index (χ1) is 14.3. The van der Waals surface area contributed by atoms with Gasteiger partial charge in [-0.2, -0.15) is 0 Å². The van der Waals surface area contributed by atoms with Crippen molar-refractivity contribution in [3.8, 4) is 5.75 Å². The van der Waals surface area contributed by atoms with Gasteiger partial charge in [-0.25, -0.2) is 9.78 Å². The largest absolute Gasteiger partial charge is 0.497 e. The van der Waals surface area contributed by atoms with Gasteiger partial charge < -0.3 is 19.8 Å². The van der Waals surface area contributed by atoms with Gasteiger partial charge in [0.2, 0.25) is 5.91 Å². The van der Waals surface area contributed by atoms with Crippen molar-refractivity contribution in [3.63, 3.8) is 0 Å². The number of nitrogens with one attached hydrogen (secondary N) is 2. The van der Waals surface area contributed by atoms with Crippen LogP contribution >= 0.6 is 23.1 Å². The second-order valence-electron chi connectivity index (χ2n) is 6.30. The molecule has 0 saturated carbocycles. The van der Waals surface area contributed by atoms with E-state index in [1.807, 2.05) is 18.2 Å². The number of thioether (sulfide) groups is 1. The Labute approximate surface area is 181 Å². The molecule has 0 saturated heterocycles. The Kier molecular flexibility index (Phi) is 6.78. The third kappa shape index (κ3) is 4.65. The number of nitrogens with zero attached hydrogens (tertiary/aromatic N) is 1. The van der Waals surface area contributed by atoms with Crippen molar-refractivity contribution in [2.45, 2.75) is 25.9 Å². The summed E-state index contributed by atoms with van der Waals surface area (Å²) in [6.07, 6.45) is 0. The molecule has 0 aliphatic heterocycles.